The SMILES string of the molecule is O=C(Cc1ccn[nH]1)NCCc1ncc[nH]1. The van der Waals surface area contributed by atoms with Gasteiger partial charge in [0.25, 0.3) is 0 Å². The molecule has 0 fully saturated rings. The average molecular weight is 219 g/mol. The van der Waals surface area contributed by atoms with Crippen LogP contribution >= 0.6 is 0 Å². The lowest BCUT2D eigenvalue weighted by Crippen LogP contribution is -2.27. The number of aromatic amines is 2. The molecule has 0 aliphatic rings. The maximum Gasteiger partial charge on any atom is 0.226 e. The van der Waals surface area contributed by atoms with Crippen LogP contribution in [-0.2, 0) is 17.6 Å². The zero-order chi connectivity index (χ0) is 11.2. The van der Waals surface area contributed by atoms with Crippen molar-refractivity contribution in [2.75, 3.05) is 6.54 Å². The smallest absolute Gasteiger partial charge is 0.226 e. The van der Waals surface area contributed by atoms with E-state index in [9.17, 15) is 4.79 Å². The first kappa shape index (κ1) is 10.4. The zero-order valence-corrected chi connectivity index (χ0v) is 8.73. The van der Waals surface area contributed by atoms with Crippen LogP contribution in [0, 0.1) is 0 Å². The molecule has 0 atom stereocenters. The van der Waals surface area contributed by atoms with Gasteiger partial charge in [0.05, 0.1) is 6.42 Å². The molecule has 0 radical (unpaired) electrons. The third-order valence-corrected chi connectivity index (χ3v) is 2.15. The summed E-state index contributed by atoms with van der Waals surface area (Å²) in [5.41, 5.74) is 0.815. The number of hydrogen-bond donors (Lipinski definition) is 3. The summed E-state index contributed by atoms with van der Waals surface area (Å²) >= 11 is 0. The lowest BCUT2D eigenvalue weighted by Gasteiger charge is -2.02. The molecule has 0 bridgehead atoms. The molecule has 0 spiro atoms. The van der Waals surface area contributed by atoms with E-state index in [0.717, 1.165) is 11.5 Å². The molecular weight excluding hydrogens is 206 g/mol. The van der Waals surface area contributed by atoms with Gasteiger partial charge in [0.1, 0.15) is 5.82 Å². The first-order valence-corrected chi connectivity index (χ1v) is 5.08. The summed E-state index contributed by atoms with van der Waals surface area (Å²) in [7, 11) is 0. The summed E-state index contributed by atoms with van der Waals surface area (Å²) < 4.78 is 0. The molecule has 3 N–H and O–H groups in total. The molecule has 16 heavy (non-hydrogen) atoms. The third kappa shape index (κ3) is 2.94. The molecule has 0 saturated carbocycles. The Labute approximate surface area is 92.5 Å². The van der Waals surface area contributed by atoms with Crippen molar-refractivity contribution in [2.24, 2.45) is 0 Å². The maximum atomic E-state index is 11.4. The minimum Gasteiger partial charge on any atom is -0.355 e. The lowest BCUT2D eigenvalue weighted by molar-refractivity contribution is -0.120. The van der Waals surface area contributed by atoms with Crippen LogP contribution in [0.4, 0.5) is 0 Å². The highest BCUT2D eigenvalue weighted by Crippen LogP contribution is 1.93. The van der Waals surface area contributed by atoms with Crippen molar-refractivity contribution >= 4 is 5.91 Å². The van der Waals surface area contributed by atoms with E-state index in [-0.39, 0.29) is 5.91 Å². The Morgan fingerprint density at radius 2 is 2.38 bits per heavy atom. The molecule has 2 aromatic heterocycles. The number of H-pyrrole nitrogens is 2. The number of carbonyl (C=O) groups excluding carboxylic acids is 1. The number of hydrogen-bond acceptors (Lipinski definition) is 3. The summed E-state index contributed by atoms with van der Waals surface area (Å²) in [6, 6.07) is 1.78. The summed E-state index contributed by atoms with van der Waals surface area (Å²) in [5.74, 6) is 0.859. The minimum absolute atomic E-state index is 0.0178. The standard InChI is InChI=1S/C10H13N5O/c16-10(7-8-1-4-14-15-8)13-3-2-9-11-5-6-12-9/h1,4-6H,2-3,7H2,(H,11,12)(H,13,16)(H,14,15). The highest BCUT2D eigenvalue weighted by Gasteiger charge is 2.03. The predicted octanol–water partition coefficient (Wildman–Crippen LogP) is 0.0342. The van der Waals surface area contributed by atoms with Gasteiger partial charge in [0, 0.05) is 37.3 Å². The fraction of sp³-hybridized carbons (Fsp3) is 0.300. The Kier molecular flexibility index (Phi) is 3.32. The van der Waals surface area contributed by atoms with E-state index in [2.05, 4.69) is 25.5 Å². The zero-order valence-electron chi connectivity index (χ0n) is 8.73. The topological polar surface area (TPSA) is 86.5 Å². The van der Waals surface area contributed by atoms with Crippen LogP contribution in [0.25, 0.3) is 0 Å². The Balaban J connectivity index is 1.68. The monoisotopic (exact) mass is 219 g/mol. The number of carbonyl (C=O) groups is 1. The van der Waals surface area contributed by atoms with Crippen molar-refractivity contribution < 1.29 is 4.79 Å². The van der Waals surface area contributed by atoms with Crippen LogP contribution < -0.4 is 5.32 Å². The van der Waals surface area contributed by atoms with Gasteiger partial charge < -0.3 is 10.3 Å². The van der Waals surface area contributed by atoms with Gasteiger partial charge in [-0.2, -0.15) is 5.10 Å². The predicted molar refractivity (Wildman–Crippen MR) is 57.6 cm³/mol. The number of amides is 1. The van der Waals surface area contributed by atoms with Gasteiger partial charge >= 0.3 is 0 Å². The van der Waals surface area contributed by atoms with E-state index in [1.54, 1.807) is 24.7 Å². The molecule has 0 aliphatic heterocycles. The third-order valence-electron chi connectivity index (χ3n) is 2.15. The molecule has 6 nitrogen and oxygen atoms in total. The van der Waals surface area contributed by atoms with Gasteiger partial charge in [-0.05, 0) is 6.07 Å². The highest BCUT2D eigenvalue weighted by atomic mass is 16.1. The molecule has 2 heterocycles. The number of aromatic nitrogens is 4. The second-order valence-corrected chi connectivity index (χ2v) is 3.39. The fourth-order valence-corrected chi connectivity index (χ4v) is 1.37. The normalized spacial score (nSPS) is 10.2. The quantitative estimate of drug-likeness (QED) is 0.663. The Hall–Kier alpha value is -2.11. The molecule has 0 unspecified atom stereocenters. The number of imidazole rings is 1. The first-order chi connectivity index (χ1) is 7.84. The van der Waals surface area contributed by atoms with E-state index in [1.807, 2.05) is 0 Å². The summed E-state index contributed by atoms with van der Waals surface area (Å²) in [6.45, 7) is 0.584. The first-order valence-electron chi connectivity index (χ1n) is 5.08. The van der Waals surface area contributed by atoms with Crippen LogP contribution in [0.3, 0.4) is 0 Å². The molecular formula is C10H13N5O. The molecule has 2 aromatic rings. The second kappa shape index (κ2) is 5.11. The average Bonchev–Trinajstić information content (AvgIpc) is 2.90. The van der Waals surface area contributed by atoms with E-state index >= 15 is 0 Å². The lowest BCUT2D eigenvalue weighted by atomic mass is 10.3. The largest absolute Gasteiger partial charge is 0.355 e. The van der Waals surface area contributed by atoms with Gasteiger partial charge in [-0.25, -0.2) is 4.98 Å². The second-order valence-electron chi connectivity index (χ2n) is 3.39. The molecule has 0 aliphatic carbocycles. The van der Waals surface area contributed by atoms with Crippen LogP contribution in [0.15, 0.2) is 24.7 Å². The number of nitrogens with zero attached hydrogens (tertiary/aromatic N) is 2. The van der Waals surface area contributed by atoms with Crippen molar-refractivity contribution in [3.8, 4) is 0 Å². The van der Waals surface area contributed by atoms with Crippen molar-refractivity contribution in [1.29, 1.82) is 0 Å². The molecule has 0 saturated heterocycles. The van der Waals surface area contributed by atoms with Gasteiger partial charge in [-0.1, -0.05) is 0 Å². The minimum atomic E-state index is -0.0178. The molecule has 6 heteroatoms. The molecule has 84 valence electrons. The van der Waals surface area contributed by atoms with Gasteiger partial charge in [0.2, 0.25) is 5.91 Å². The van der Waals surface area contributed by atoms with Crippen LogP contribution in [-0.4, -0.2) is 32.6 Å². The van der Waals surface area contributed by atoms with E-state index in [1.165, 1.54) is 0 Å². The van der Waals surface area contributed by atoms with Crippen molar-refractivity contribution in [3.63, 3.8) is 0 Å². The van der Waals surface area contributed by atoms with Crippen molar-refractivity contribution in [3.05, 3.63) is 36.2 Å². The Morgan fingerprint density at radius 1 is 1.44 bits per heavy atom. The van der Waals surface area contributed by atoms with Crippen molar-refractivity contribution in [2.45, 2.75) is 12.8 Å². The van der Waals surface area contributed by atoms with E-state index in [4.69, 9.17) is 0 Å². The van der Waals surface area contributed by atoms with E-state index in [0.29, 0.717) is 19.4 Å². The van der Waals surface area contributed by atoms with E-state index < -0.39 is 0 Å². The van der Waals surface area contributed by atoms with Crippen molar-refractivity contribution in [1.82, 2.24) is 25.5 Å². The summed E-state index contributed by atoms with van der Waals surface area (Å²) in [4.78, 5) is 18.5. The van der Waals surface area contributed by atoms with Crippen LogP contribution in [0.1, 0.15) is 11.5 Å². The van der Waals surface area contributed by atoms with Gasteiger partial charge in [0.15, 0.2) is 0 Å². The number of rotatable bonds is 5. The van der Waals surface area contributed by atoms with Crippen LogP contribution in [0.2, 0.25) is 0 Å². The Morgan fingerprint density at radius 3 is 3.06 bits per heavy atom. The Bertz CT molecular complexity index is 420. The summed E-state index contributed by atoms with van der Waals surface area (Å²) in [6.07, 6.45) is 6.13. The molecule has 1 amide bonds. The summed E-state index contributed by atoms with van der Waals surface area (Å²) in [5, 5.41) is 9.33. The van der Waals surface area contributed by atoms with Gasteiger partial charge in [-0.15, -0.1) is 0 Å². The maximum absolute atomic E-state index is 11.4. The van der Waals surface area contributed by atoms with Crippen LogP contribution in [0.5, 0.6) is 0 Å². The molecule has 2 rings (SSSR count). The fourth-order valence-electron chi connectivity index (χ4n) is 1.37. The molecule has 0 aromatic carbocycles. The highest BCUT2D eigenvalue weighted by molar-refractivity contribution is 5.77. The number of nitrogens with one attached hydrogen (secondary N) is 3. The van der Waals surface area contributed by atoms with Gasteiger partial charge in [-0.3, -0.25) is 9.89 Å².